The molecule has 3 heterocycles. The summed E-state index contributed by atoms with van der Waals surface area (Å²) in [4.78, 5) is 8.13. The summed E-state index contributed by atoms with van der Waals surface area (Å²) in [6.45, 7) is 0. The predicted octanol–water partition coefficient (Wildman–Crippen LogP) is 2.26. The number of pyridine rings is 2. The van der Waals surface area contributed by atoms with Gasteiger partial charge in [-0.15, -0.1) is 0 Å². The van der Waals surface area contributed by atoms with E-state index < -0.39 is 0 Å². The highest BCUT2D eigenvalue weighted by Crippen LogP contribution is 2.30. The van der Waals surface area contributed by atoms with Crippen LogP contribution in [0.25, 0.3) is 5.65 Å². The van der Waals surface area contributed by atoms with Crippen LogP contribution in [0.4, 0.5) is 5.82 Å². The van der Waals surface area contributed by atoms with Crippen molar-refractivity contribution in [3.63, 3.8) is 0 Å². The Kier molecular flexibility index (Phi) is 2.60. The van der Waals surface area contributed by atoms with E-state index in [-0.39, 0.29) is 0 Å². The molecule has 0 saturated carbocycles. The first-order valence-electron chi connectivity index (χ1n) is 5.11. The molecule has 0 bridgehead atoms. The number of anilines is 1. The maximum absolute atomic E-state index is 5.76. The van der Waals surface area contributed by atoms with E-state index in [0.717, 1.165) is 4.47 Å². The van der Waals surface area contributed by atoms with E-state index in [4.69, 9.17) is 10.5 Å². The van der Waals surface area contributed by atoms with Crippen LogP contribution in [0.5, 0.6) is 11.5 Å². The van der Waals surface area contributed by atoms with Gasteiger partial charge in [-0.3, -0.25) is 0 Å². The van der Waals surface area contributed by atoms with E-state index in [0.29, 0.717) is 23.0 Å². The lowest BCUT2D eigenvalue weighted by molar-refractivity contribution is 0.484. The number of fused-ring (bicyclic) bond motifs is 1. The zero-order valence-corrected chi connectivity index (χ0v) is 10.7. The lowest BCUT2D eigenvalue weighted by atomic mass is 10.4. The standard InChI is InChI=1S/C11H8BrN5O/c12-7-4-9(10(13)14-5-7)18-8-2-1-3-17-11(8)15-6-16-17/h1-6H,(H2,13,14). The van der Waals surface area contributed by atoms with Crippen molar-refractivity contribution in [2.45, 2.75) is 0 Å². The summed E-state index contributed by atoms with van der Waals surface area (Å²) in [5, 5.41) is 4.03. The molecular formula is C11H8BrN5O. The third-order valence-corrected chi connectivity index (χ3v) is 2.77. The normalized spacial score (nSPS) is 10.7. The highest BCUT2D eigenvalue weighted by Gasteiger charge is 2.09. The van der Waals surface area contributed by atoms with Gasteiger partial charge in [0.1, 0.15) is 6.33 Å². The van der Waals surface area contributed by atoms with Crippen LogP contribution in [0.15, 0.2) is 41.4 Å². The summed E-state index contributed by atoms with van der Waals surface area (Å²) < 4.78 is 8.13. The number of rotatable bonds is 2. The molecule has 0 fully saturated rings. The molecule has 0 spiro atoms. The Bertz CT molecular complexity index is 711. The fourth-order valence-electron chi connectivity index (χ4n) is 1.53. The lowest BCUT2D eigenvalue weighted by Crippen LogP contribution is -1.97. The van der Waals surface area contributed by atoms with Crippen LogP contribution in [0.3, 0.4) is 0 Å². The highest BCUT2D eigenvalue weighted by molar-refractivity contribution is 9.10. The molecule has 0 aliphatic rings. The average molecular weight is 306 g/mol. The van der Waals surface area contributed by atoms with E-state index in [1.54, 1.807) is 29.0 Å². The molecule has 6 nitrogen and oxygen atoms in total. The first kappa shape index (κ1) is 11.0. The maximum Gasteiger partial charge on any atom is 0.198 e. The summed E-state index contributed by atoms with van der Waals surface area (Å²) in [7, 11) is 0. The van der Waals surface area contributed by atoms with Crippen molar-refractivity contribution in [2.24, 2.45) is 0 Å². The number of hydrogen-bond acceptors (Lipinski definition) is 5. The molecule has 0 aliphatic carbocycles. The summed E-state index contributed by atoms with van der Waals surface area (Å²) in [6, 6.07) is 5.37. The number of nitrogens with zero attached hydrogens (tertiary/aromatic N) is 4. The van der Waals surface area contributed by atoms with Gasteiger partial charge in [-0.25, -0.2) is 14.5 Å². The quantitative estimate of drug-likeness (QED) is 0.785. The molecule has 0 unspecified atom stereocenters. The Hall–Kier alpha value is -2.15. The van der Waals surface area contributed by atoms with Gasteiger partial charge < -0.3 is 10.5 Å². The fourth-order valence-corrected chi connectivity index (χ4v) is 1.84. The zero-order valence-electron chi connectivity index (χ0n) is 9.12. The number of hydrogen-bond donors (Lipinski definition) is 1. The van der Waals surface area contributed by atoms with Gasteiger partial charge in [-0.2, -0.15) is 5.10 Å². The Morgan fingerprint density at radius 1 is 1.28 bits per heavy atom. The van der Waals surface area contributed by atoms with E-state index in [1.165, 1.54) is 6.33 Å². The number of halogens is 1. The van der Waals surface area contributed by atoms with Gasteiger partial charge in [0.2, 0.25) is 0 Å². The minimum atomic E-state index is 0.319. The van der Waals surface area contributed by atoms with E-state index in [1.807, 2.05) is 6.07 Å². The summed E-state index contributed by atoms with van der Waals surface area (Å²) >= 11 is 3.32. The monoisotopic (exact) mass is 305 g/mol. The van der Waals surface area contributed by atoms with Crippen LogP contribution in [0, 0.1) is 0 Å². The number of nitrogen functional groups attached to an aromatic ring is 1. The Balaban J connectivity index is 2.06. The third kappa shape index (κ3) is 1.88. The van der Waals surface area contributed by atoms with E-state index >= 15 is 0 Å². The second-order valence-electron chi connectivity index (χ2n) is 3.54. The van der Waals surface area contributed by atoms with Crippen molar-refractivity contribution in [3.8, 4) is 11.5 Å². The second kappa shape index (κ2) is 4.26. The van der Waals surface area contributed by atoms with Crippen LogP contribution in [-0.2, 0) is 0 Å². The smallest absolute Gasteiger partial charge is 0.198 e. The molecule has 3 aromatic heterocycles. The Labute approximate surface area is 111 Å². The minimum Gasteiger partial charge on any atom is -0.449 e. The Morgan fingerprint density at radius 3 is 3.06 bits per heavy atom. The summed E-state index contributed by atoms with van der Waals surface area (Å²) in [6.07, 6.45) is 4.86. The maximum atomic E-state index is 5.76. The molecule has 2 N–H and O–H groups in total. The highest BCUT2D eigenvalue weighted by atomic mass is 79.9. The molecule has 0 aliphatic heterocycles. The van der Waals surface area contributed by atoms with Gasteiger partial charge in [-0.1, -0.05) is 0 Å². The lowest BCUT2D eigenvalue weighted by Gasteiger charge is -2.08. The zero-order chi connectivity index (χ0) is 12.5. The number of nitrogens with two attached hydrogens (primary N) is 1. The van der Waals surface area contributed by atoms with Gasteiger partial charge in [-0.05, 0) is 28.1 Å². The van der Waals surface area contributed by atoms with Crippen molar-refractivity contribution in [1.29, 1.82) is 0 Å². The first-order chi connectivity index (χ1) is 8.74. The second-order valence-corrected chi connectivity index (χ2v) is 4.46. The van der Waals surface area contributed by atoms with Gasteiger partial charge >= 0.3 is 0 Å². The van der Waals surface area contributed by atoms with Crippen LogP contribution in [0.2, 0.25) is 0 Å². The minimum absolute atomic E-state index is 0.319. The third-order valence-electron chi connectivity index (χ3n) is 2.34. The van der Waals surface area contributed by atoms with Crippen molar-refractivity contribution in [3.05, 3.63) is 41.4 Å². The van der Waals surface area contributed by atoms with Gasteiger partial charge in [0.05, 0.1) is 0 Å². The van der Waals surface area contributed by atoms with E-state index in [2.05, 4.69) is 31.0 Å². The molecule has 0 amide bonds. The topological polar surface area (TPSA) is 78.3 Å². The van der Waals surface area contributed by atoms with Crippen LogP contribution in [-0.4, -0.2) is 19.6 Å². The molecule has 0 saturated heterocycles. The molecule has 7 heteroatoms. The van der Waals surface area contributed by atoms with Crippen molar-refractivity contribution < 1.29 is 4.74 Å². The van der Waals surface area contributed by atoms with Crippen LogP contribution in [0.1, 0.15) is 0 Å². The SMILES string of the molecule is Nc1ncc(Br)cc1Oc1cccn2ncnc12. The van der Waals surface area contributed by atoms with Gasteiger partial charge in [0.15, 0.2) is 23.0 Å². The molecular weight excluding hydrogens is 298 g/mol. The molecule has 0 aromatic carbocycles. The molecule has 18 heavy (non-hydrogen) atoms. The number of aromatic nitrogens is 4. The fraction of sp³-hybridized carbons (Fsp3) is 0. The number of ether oxygens (including phenoxy) is 1. The summed E-state index contributed by atoms with van der Waals surface area (Å²) in [5.41, 5.74) is 6.38. The summed E-state index contributed by atoms with van der Waals surface area (Å²) in [5.74, 6) is 1.36. The van der Waals surface area contributed by atoms with Crippen LogP contribution < -0.4 is 10.5 Å². The van der Waals surface area contributed by atoms with Crippen molar-refractivity contribution in [2.75, 3.05) is 5.73 Å². The molecule has 0 radical (unpaired) electrons. The molecule has 0 atom stereocenters. The average Bonchev–Trinajstić information content (AvgIpc) is 2.83. The van der Waals surface area contributed by atoms with Crippen molar-refractivity contribution in [1.82, 2.24) is 19.6 Å². The van der Waals surface area contributed by atoms with Gasteiger partial charge in [0, 0.05) is 22.9 Å². The van der Waals surface area contributed by atoms with Crippen LogP contribution >= 0.6 is 15.9 Å². The van der Waals surface area contributed by atoms with Gasteiger partial charge in [0.25, 0.3) is 0 Å². The molecule has 3 aromatic rings. The predicted molar refractivity (Wildman–Crippen MR) is 69.4 cm³/mol. The molecule has 3 rings (SSSR count). The first-order valence-corrected chi connectivity index (χ1v) is 5.90. The largest absolute Gasteiger partial charge is 0.449 e. The molecule has 90 valence electrons. The van der Waals surface area contributed by atoms with Crippen molar-refractivity contribution >= 4 is 27.4 Å². The van der Waals surface area contributed by atoms with E-state index in [9.17, 15) is 0 Å². The Morgan fingerprint density at radius 2 is 2.17 bits per heavy atom.